The number of hydrogen-bond acceptors (Lipinski definition) is 3. The lowest BCUT2D eigenvalue weighted by Crippen LogP contribution is -2.18. The Hall–Kier alpha value is -0.670. The van der Waals surface area contributed by atoms with Crippen LogP contribution in [-0.4, -0.2) is 19.4 Å². The molecule has 1 rings (SSSR count). The molecule has 0 bridgehead atoms. The van der Waals surface area contributed by atoms with Gasteiger partial charge in [0.2, 0.25) is 0 Å². The summed E-state index contributed by atoms with van der Waals surface area (Å²) in [4.78, 5) is 1.33. The van der Waals surface area contributed by atoms with E-state index in [9.17, 15) is 0 Å². The number of benzene rings is 1. The van der Waals surface area contributed by atoms with Crippen molar-refractivity contribution in [3.8, 4) is 5.75 Å². The Bertz CT molecular complexity index is 350. The van der Waals surface area contributed by atoms with E-state index in [1.165, 1.54) is 16.0 Å². The normalized spacial score (nSPS) is 12.6. The molecular formula is C13H21NOS. The second kappa shape index (κ2) is 6.16. The fourth-order valence-electron chi connectivity index (χ4n) is 1.81. The van der Waals surface area contributed by atoms with Crippen LogP contribution in [0.15, 0.2) is 17.0 Å². The van der Waals surface area contributed by atoms with Gasteiger partial charge in [0.15, 0.2) is 0 Å². The standard InChI is InChI=1S/C13H21NOS/c1-5-10-7-12(15-3)11(6-9(2)14)8-13(10)16-4/h7-9H,5-6,14H2,1-4H3. The number of ether oxygens (including phenoxy) is 1. The molecule has 0 aliphatic carbocycles. The summed E-state index contributed by atoms with van der Waals surface area (Å²) >= 11 is 1.78. The molecule has 0 amide bonds. The highest BCUT2D eigenvalue weighted by atomic mass is 32.2. The maximum Gasteiger partial charge on any atom is 0.122 e. The molecule has 0 spiro atoms. The van der Waals surface area contributed by atoms with E-state index in [0.29, 0.717) is 0 Å². The molecule has 2 nitrogen and oxygen atoms in total. The van der Waals surface area contributed by atoms with Gasteiger partial charge in [-0.05, 0) is 49.3 Å². The first-order chi connectivity index (χ1) is 7.62. The van der Waals surface area contributed by atoms with Crippen LogP contribution in [0.2, 0.25) is 0 Å². The number of rotatable bonds is 5. The van der Waals surface area contributed by atoms with Gasteiger partial charge in [-0.1, -0.05) is 6.92 Å². The summed E-state index contributed by atoms with van der Waals surface area (Å²) in [5, 5.41) is 0. The van der Waals surface area contributed by atoms with Gasteiger partial charge >= 0.3 is 0 Å². The third-order valence-corrected chi connectivity index (χ3v) is 3.43. The number of thioether (sulfide) groups is 1. The van der Waals surface area contributed by atoms with Crippen molar-refractivity contribution in [3.05, 3.63) is 23.3 Å². The number of nitrogens with two attached hydrogens (primary N) is 1. The van der Waals surface area contributed by atoms with Gasteiger partial charge in [0.05, 0.1) is 7.11 Å². The predicted molar refractivity (Wildman–Crippen MR) is 71.5 cm³/mol. The summed E-state index contributed by atoms with van der Waals surface area (Å²) in [6.45, 7) is 4.19. The van der Waals surface area contributed by atoms with Crippen LogP contribution in [-0.2, 0) is 12.8 Å². The molecule has 1 aromatic rings. The van der Waals surface area contributed by atoms with Crippen molar-refractivity contribution < 1.29 is 4.74 Å². The molecule has 0 radical (unpaired) electrons. The molecule has 1 aromatic carbocycles. The number of aryl methyl sites for hydroxylation is 1. The van der Waals surface area contributed by atoms with Gasteiger partial charge in [0, 0.05) is 10.9 Å². The zero-order valence-corrected chi connectivity index (χ0v) is 11.4. The van der Waals surface area contributed by atoms with Gasteiger partial charge in [-0.2, -0.15) is 0 Å². The third-order valence-electron chi connectivity index (χ3n) is 2.61. The molecule has 1 unspecified atom stereocenters. The Labute approximate surface area is 103 Å². The van der Waals surface area contributed by atoms with Crippen LogP contribution in [0.4, 0.5) is 0 Å². The van der Waals surface area contributed by atoms with E-state index in [1.54, 1.807) is 18.9 Å². The third kappa shape index (κ3) is 3.16. The average Bonchev–Trinajstić information content (AvgIpc) is 2.27. The monoisotopic (exact) mass is 239 g/mol. The first kappa shape index (κ1) is 13.4. The molecule has 0 saturated heterocycles. The van der Waals surface area contributed by atoms with E-state index in [2.05, 4.69) is 25.3 Å². The topological polar surface area (TPSA) is 35.2 Å². The zero-order chi connectivity index (χ0) is 12.1. The highest BCUT2D eigenvalue weighted by Crippen LogP contribution is 2.30. The molecule has 0 fully saturated rings. The molecule has 1 atom stereocenters. The van der Waals surface area contributed by atoms with E-state index < -0.39 is 0 Å². The minimum Gasteiger partial charge on any atom is -0.496 e. The van der Waals surface area contributed by atoms with Crippen LogP contribution in [0.1, 0.15) is 25.0 Å². The van der Waals surface area contributed by atoms with E-state index >= 15 is 0 Å². The van der Waals surface area contributed by atoms with Gasteiger partial charge in [-0.3, -0.25) is 0 Å². The van der Waals surface area contributed by atoms with Gasteiger partial charge in [-0.25, -0.2) is 0 Å². The molecule has 3 heteroatoms. The van der Waals surface area contributed by atoms with Crippen LogP contribution >= 0.6 is 11.8 Å². The highest BCUT2D eigenvalue weighted by molar-refractivity contribution is 7.98. The largest absolute Gasteiger partial charge is 0.496 e. The van der Waals surface area contributed by atoms with E-state index in [-0.39, 0.29) is 6.04 Å². The quantitative estimate of drug-likeness (QED) is 0.802. The van der Waals surface area contributed by atoms with Crippen LogP contribution < -0.4 is 10.5 Å². The van der Waals surface area contributed by atoms with Crippen molar-refractivity contribution in [1.82, 2.24) is 0 Å². The van der Waals surface area contributed by atoms with Crippen molar-refractivity contribution in [1.29, 1.82) is 0 Å². The van der Waals surface area contributed by atoms with Gasteiger partial charge in [0.25, 0.3) is 0 Å². The number of hydrogen-bond donors (Lipinski definition) is 1. The second-order valence-corrected chi connectivity index (χ2v) is 4.86. The Morgan fingerprint density at radius 1 is 1.38 bits per heavy atom. The summed E-state index contributed by atoms with van der Waals surface area (Å²) in [7, 11) is 1.72. The number of methoxy groups -OCH3 is 1. The zero-order valence-electron chi connectivity index (χ0n) is 10.5. The molecule has 0 aliphatic rings. The van der Waals surface area contributed by atoms with Gasteiger partial charge in [-0.15, -0.1) is 11.8 Å². The minimum atomic E-state index is 0.163. The first-order valence-corrected chi connectivity index (χ1v) is 6.84. The summed E-state index contributed by atoms with van der Waals surface area (Å²) < 4.78 is 5.42. The second-order valence-electron chi connectivity index (χ2n) is 4.01. The van der Waals surface area contributed by atoms with E-state index in [0.717, 1.165) is 18.6 Å². The van der Waals surface area contributed by atoms with Crippen LogP contribution in [0.25, 0.3) is 0 Å². The van der Waals surface area contributed by atoms with Crippen LogP contribution in [0, 0.1) is 0 Å². The molecule has 90 valence electrons. The molecule has 16 heavy (non-hydrogen) atoms. The summed E-state index contributed by atoms with van der Waals surface area (Å²) in [6.07, 6.45) is 4.00. The van der Waals surface area contributed by atoms with Crippen molar-refractivity contribution in [3.63, 3.8) is 0 Å². The molecular weight excluding hydrogens is 218 g/mol. The highest BCUT2D eigenvalue weighted by Gasteiger charge is 2.10. The lowest BCUT2D eigenvalue weighted by atomic mass is 10.0. The van der Waals surface area contributed by atoms with Crippen molar-refractivity contribution >= 4 is 11.8 Å². The summed E-state index contributed by atoms with van der Waals surface area (Å²) in [6, 6.07) is 4.52. The van der Waals surface area contributed by atoms with E-state index in [1.807, 2.05) is 6.92 Å². The molecule has 0 aromatic heterocycles. The first-order valence-electron chi connectivity index (χ1n) is 5.61. The fraction of sp³-hybridized carbons (Fsp3) is 0.538. The average molecular weight is 239 g/mol. The molecule has 0 aliphatic heterocycles. The minimum absolute atomic E-state index is 0.163. The fourth-order valence-corrected chi connectivity index (χ4v) is 2.53. The smallest absolute Gasteiger partial charge is 0.122 e. The molecule has 0 saturated carbocycles. The SMILES string of the molecule is CCc1cc(OC)c(CC(C)N)cc1SC. The van der Waals surface area contributed by atoms with Crippen molar-refractivity contribution in [2.45, 2.75) is 37.6 Å². The maximum absolute atomic E-state index is 5.85. The van der Waals surface area contributed by atoms with Crippen molar-refractivity contribution in [2.24, 2.45) is 5.73 Å². The predicted octanol–water partition coefficient (Wildman–Crippen LogP) is 2.87. The summed E-state index contributed by atoms with van der Waals surface area (Å²) in [5.74, 6) is 0.965. The Kier molecular flexibility index (Phi) is 5.16. The van der Waals surface area contributed by atoms with E-state index in [4.69, 9.17) is 10.5 Å². The van der Waals surface area contributed by atoms with Gasteiger partial charge in [0.1, 0.15) is 5.75 Å². The van der Waals surface area contributed by atoms with Crippen molar-refractivity contribution in [2.75, 3.05) is 13.4 Å². The Morgan fingerprint density at radius 2 is 2.06 bits per heavy atom. The summed E-state index contributed by atoms with van der Waals surface area (Å²) in [5.41, 5.74) is 8.40. The molecule has 0 heterocycles. The maximum atomic E-state index is 5.85. The lowest BCUT2D eigenvalue weighted by molar-refractivity contribution is 0.407. The lowest BCUT2D eigenvalue weighted by Gasteiger charge is -2.15. The van der Waals surface area contributed by atoms with Gasteiger partial charge < -0.3 is 10.5 Å². The van der Waals surface area contributed by atoms with Crippen LogP contribution in [0.5, 0.6) is 5.75 Å². The Balaban J connectivity index is 3.15. The molecule has 2 N–H and O–H groups in total. The van der Waals surface area contributed by atoms with Crippen LogP contribution in [0.3, 0.4) is 0 Å². The Morgan fingerprint density at radius 3 is 2.50 bits per heavy atom.